The van der Waals surface area contributed by atoms with Gasteiger partial charge in [0.2, 0.25) is 0 Å². The van der Waals surface area contributed by atoms with Crippen LogP contribution in [0.3, 0.4) is 0 Å². The molecule has 0 saturated carbocycles. The van der Waals surface area contributed by atoms with E-state index in [4.69, 9.17) is 5.11 Å². The van der Waals surface area contributed by atoms with Crippen molar-refractivity contribution in [1.29, 1.82) is 0 Å². The average molecular weight is 337 g/mol. The fourth-order valence-electron chi connectivity index (χ4n) is 1.81. The molecule has 0 bridgehead atoms. The van der Waals surface area contributed by atoms with Crippen LogP contribution in [0.5, 0.6) is 0 Å². The maximum absolute atomic E-state index is 14.0. The van der Waals surface area contributed by atoms with E-state index in [1.54, 1.807) is 6.07 Å². The number of fused-ring (bicyclic) bond motifs is 1. The zero-order chi connectivity index (χ0) is 14.3. The fraction of sp³-hybridized carbons (Fsp3) is 0. The first-order valence-corrected chi connectivity index (χ1v) is 6.25. The van der Waals surface area contributed by atoms with Crippen LogP contribution in [0.4, 0.5) is 4.39 Å². The molecule has 6 nitrogen and oxygen atoms in total. The van der Waals surface area contributed by atoms with E-state index < -0.39 is 11.8 Å². The van der Waals surface area contributed by atoms with Crippen molar-refractivity contribution in [2.75, 3.05) is 0 Å². The lowest BCUT2D eigenvalue weighted by Crippen LogP contribution is -2.06. The van der Waals surface area contributed by atoms with E-state index in [0.29, 0.717) is 4.47 Å². The lowest BCUT2D eigenvalue weighted by Gasteiger charge is -2.07. The molecule has 1 N–H and O–H groups in total. The van der Waals surface area contributed by atoms with Crippen molar-refractivity contribution in [2.24, 2.45) is 0 Å². The van der Waals surface area contributed by atoms with E-state index in [-0.39, 0.29) is 22.7 Å². The number of benzene rings is 1. The Labute approximate surface area is 120 Å². The van der Waals surface area contributed by atoms with Gasteiger partial charge in [0.15, 0.2) is 5.69 Å². The van der Waals surface area contributed by atoms with Gasteiger partial charge in [-0.2, -0.15) is 14.6 Å². The first-order chi connectivity index (χ1) is 9.56. The van der Waals surface area contributed by atoms with Gasteiger partial charge in [-0.3, -0.25) is 0 Å². The van der Waals surface area contributed by atoms with Crippen LogP contribution < -0.4 is 0 Å². The molecule has 2 aromatic heterocycles. The van der Waals surface area contributed by atoms with Crippen LogP contribution in [0.15, 0.2) is 35.1 Å². The number of hydrogen-bond donors (Lipinski definition) is 1. The van der Waals surface area contributed by atoms with E-state index in [9.17, 15) is 9.18 Å². The zero-order valence-electron chi connectivity index (χ0n) is 9.79. The smallest absolute Gasteiger partial charge is 0.354 e. The van der Waals surface area contributed by atoms with Crippen LogP contribution in [-0.2, 0) is 0 Å². The molecule has 0 unspecified atom stereocenters. The summed E-state index contributed by atoms with van der Waals surface area (Å²) < 4.78 is 15.9. The number of halogens is 2. The summed E-state index contributed by atoms with van der Waals surface area (Å²) in [7, 11) is 0. The Kier molecular flexibility index (Phi) is 2.94. The van der Waals surface area contributed by atoms with Crippen molar-refractivity contribution in [1.82, 2.24) is 19.6 Å². The van der Waals surface area contributed by atoms with Crippen LogP contribution in [0.2, 0.25) is 0 Å². The maximum atomic E-state index is 14.0. The second-order valence-corrected chi connectivity index (χ2v) is 4.84. The molecule has 0 saturated heterocycles. The number of aromatic nitrogens is 4. The Morgan fingerprint density at radius 2 is 2.15 bits per heavy atom. The Morgan fingerprint density at radius 1 is 1.35 bits per heavy atom. The molecule has 3 rings (SSSR count). The molecule has 3 aromatic rings. The number of nitrogens with zero attached hydrogens (tertiary/aromatic N) is 4. The zero-order valence-corrected chi connectivity index (χ0v) is 11.4. The maximum Gasteiger partial charge on any atom is 0.354 e. The third-order valence-electron chi connectivity index (χ3n) is 2.68. The minimum atomic E-state index is -1.22. The highest BCUT2D eigenvalue weighted by molar-refractivity contribution is 9.10. The minimum absolute atomic E-state index is 0.0966. The van der Waals surface area contributed by atoms with Crippen molar-refractivity contribution >= 4 is 27.7 Å². The third-order valence-corrected chi connectivity index (χ3v) is 3.17. The molecule has 0 aliphatic rings. The normalized spacial score (nSPS) is 10.9. The Bertz CT molecular complexity index is 833. The first-order valence-electron chi connectivity index (χ1n) is 5.46. The van der Waals surface area contributed by atoms with E-state index >= 15 is 0 Å². The molecule has 100 valence electrons. The summed E-state index contributed by atoms with van der Waals surface area (Å²) in [5, 5.41) is 13.0. The second-order valence-electron chi connectivity index (χ2n) is 3.93. The molecule has 8 heteroatoms. The second kappa shape index (κ2) is 4.64. The number of carboxylic acid groups (broad SMARTS) is 1. The summed E-state index contributed by atoms with van der Waals surface area (Å²) in [6, 6.07) is 5.63. The Balaban J connectivity index is 2.36. The molecule has 20 heavy (non-hydrogen) atoms. The van der Waals surface area contributed by atoms with Gasteiger partial charge in [-0.25, -0.2) is 14.2 Å². The summed E-state index contributed by atoms with van der Waals surface area (Å²) in [4.78, 5) is 18.8. The highest BCUT2D eigenvalue weighted by Gasteiger charge is 2.16. The van der Waals surface area contributed by atoms with Gasteiger partial charge in [-0.15, -0.1) is 0 Å². The van der Waals surface area contributed by atoms with Crippen molar-refractivity contribution in [3.05, 3.63) is 46.6 Å². The summed E-state index contributed by atoms with van der Waals surface area (Å²) in [6.07, 6.45) is 1.23. The lowest BCUT2D eigenvalue weighted by molar-refractivity contribution is 0.0690. The largest absolute Gasteiger partial charge is 0.477 e. The van der Waals surface area contributed by atoms with Gasteiger partial charge < -0.3 is 5.11 Å². The highest BCUT2D eigenvalue weighted by Crippen LogP contribution is 2.26. The van der Waals surface area contributed by atoms with Gasteiger partial charge in [0, 0.05) is 10.0 Å². The van der Waals surface area contributed by atoms with Crippen molar-refractivity contribution in [3.63, 3.8) is 0 Å². The summed E-state index contributed by atoms with van der Waals surface area (Å²) in [6.45, 7) is 0. The molecule has 0 spiro atoms. The van der Waals surface area contributed by atoms with E-state index in [1.165, 1.54) is 29.0 Å². The van der Waals surface area contributed by atoms with Gasteiger partial charge in [-0.1, -0.05) is 15.9 Å². The molecule has 1 aromatic carbocycles. The number of aromatic carboxylic acids is 1. The molecule has 0 fully saturated rings. The van der Waals surface area contributed by atoms with Gasteiger partial charge in [0.1, 0.15) is 12.1 Å². The standard InChI is InChI=1S/C12H6BrFN4O2/c13-6-1-2-8(14)7(3-6)10-4-9(11(19)20)17-12-15-5-16-18(10)12/h1-5H,(H,19,20). The molecule has 0 radical (unpaired) electrons. The van der Waals surface area contributed by atoms with Crippen LogP contribution in [-0.4, -0.2) is 30.7 Å². The number of hydrogen-bond acceptors (Lipinski definition) is 4. The summed E-state index contributed by atoms with van der Waals surface area (Å²) >= 11 is 3.25. The topological polar surface area (TPSA) is 80.4 Å². The number of rotatable bonds is 2. The quantitative estimate of drug-likeness (QED) is 0.777. The van der Waals surface area contributed by atoms with E-state index in [0.717, 1.165) is 0 Å². The van der Waals surface area contributed by atoms with Crippen LogP contribution >= 0.6 is 15.9 Å². The SMILES string of the molecule is O=C(O)c1cc(-c2cc(Br)ccc2F)n2ncnc2n1. The minimum Gasteiger partial charge on any atom is -0.477 e. The Morgan fingerprint density at radius 3 is 2.90 bits per heavy atom. The third kappa shape index (κ3) is 2.03. The molecule has 0 atom stereocenters. The van der Waals surface area contributed by atoms with Crippen LogP contribution in [0.25, 0.3) is 17.0 Å². The fourth-order valence-corrected chi connectivity index (χ4v) is 2.17. The molecular weight excluding hydrogens is 331 g/mol. The van der Waals surface area contributed by atoms with Gasteiger partial charge in [0.05, 0.1) is 5.69 Å². The predicted molar refractivity (Wildman–Crippen MR) is 70.8 cm³/mol. The summed E-state index contributed by atoms with van der Waals surface area (Å²) in [5.41, 5.74) is 0.253. The molecule has 0 aliphatic carbocycles. The van der Waals surface area contributed by atoms with Gasteiger partial charge >= 0.3 is 5.97 Å². The molecule has 0 aliphatic heterocycles. The number of carboxylic acids is 1. The van der Waals surface area contributed by atoms with Crippen molar-refractivity contribution in [3.8, 4) is 11.3 Å². The van der Waals surface area contributed by atoms with E-state index in [1.807, 2.05) is 0 Å². The first kappa shape index (κ1) is 12.7. The Hall–Kier alpha value is -2.35. The summed E-state index contributed by atoms with van der Waals surface area (Å²) in [5.74, 6) is -1.61. The molecule has 2 heterocycles. The molecular formula is C12H6BrFN4O2. The van der Waals surface area contributed by atoms with Gasteiger partial charge in [0.25, 0.3) is 5.78 Å². The van der Waals surface area contributed by atoms with Crippen molar-refractivity contribution < 1.29 is 14.3 Å². The van der Waals surface area contributed by atoms with Crippen molar-refractivity contribution in [2.45, 2.75) is 0 Å². The van der Waals surface area contributed by atoms with Crippen LogP contribution in [0, 0.1) is 5.82 Å². The van der Waals surface area contributed by atoms with E-state index in [2.05, 4.69) is 31.0 Å². The average Bonchev–Trinajstić information content (AvgIpc) is 2.88. The lowest BCUT2D eigenvalue weighted by atomic mass is 10.1. The molecule has 0 amide bonds. The van der Waals surface area contributed by atoms with Gasteiger partial charge in [-0.05, 0) is 24.3 Å². The van der Waals surface area contributed by atoms with Crippen LogP contribution in [0.1, 0.15) is 10.5 Å². The highest BCUT2D eigenvalue weighted by atomic mass is 79.9. The number of carbonyl (C=O) groups is 1. The monoisotopic (exact) mass is 336 g/mol. The predicted octanol–water partition coefficient (Wildman–Crippen LogP) is 2.39.